The van der Waals surface area contributed by atoms with Gasteiger partial charge in [0.1, 0.15) is 0 Å². The molecule has 0 aromatic rings. The van der Waals surface area contributed by atoms with Crippen LogP contribution in [0.4, 0.5) is 0 Å². The summed E-state index contributed by atoms with van der Waals surface area (Å²) in [7, 11) is 0. The summed E-state index contributed by atoms with van der Waals surface area (Å²) >= 11 is 0. The van der Waals surface area contributed by atoms with Gasteiger partial charge in [0.15, 0.2) is 0 Å². The van der Waals surface area contributed by atoms with Crippen LogP contribution in [0.2, 0.25) is 0 Å². The van der Waals surface area contributed by atoms with Crippen molar-refractivity contribution >= 4 is 29.6 Å². The van der Waals surface area contributed by atoms with Crippen molar-refractivity contribution in [1.29, 1.82) is 0 Å². The molecule has 1 aliphatic carbocycles. The molecule has 0 spiro atoms. The summed E-state index contributed by atoms with van der Waals surface area (Å²) in [6.45, 7) is 0. The van der Waals surface area contributed by atoms with Crippen LogP contribution in [0.25, 0.3) is 0 Å². The Balaban J connectivity index is 0.00000144. The van der Waals surface area contributed by atoms with E-state index in [4.69, 9.17) is 0 Å². The van der Waals surface area contributed by atoms with E-state index in [1.807, 2.05) is 0 Å². The molecule has 0 saturated heterocycles. The zero-order valence-electron chi connectivity index (χ0n) is 9.49. The summed E-state index contributed by atoms with van der Waals surface area (Å²) in [4.78, 5) is 0. The summed E-state index contributed by atoms with van der Waals surface area (Å²) in [6, 6.07) is 0. The third-order valence-corrected chi connectivity index (χ3v) is 3.00. The second kappa shape index (κ2) is 11.1. The Morgan fingerprint density at radius 3 is 0.385 bits per heavy atom. The standard InChI is InChI=1S/C12H24.Na/c1-2-4-6-8-10-12-11-9-7-5-3-1;/h1-12H2;. The molecule has 1 aliphatic rings. The van der Waals surface area contributed by atoms with Crippen LogP contribution in [-0.2, 0) is 0 Å². The molecular formula is C12H24Na. The Morgan fingerprint density at radius 1 is 0.231 bits per heavy atom. The maximum Gasteiger partial charge on any atom is 0 e. The SMILES string of the molecule is C1CCCCCCCCCCC1.[Na]. The van der Waals surface area contributed by atoms with Gasteiger partial charge in [0.2, 0.25) is 0 Å². The molecule has 1 radical (unpaired) electrons. The summed E-state index contributed by atoms with van der Waals surface area (Å²) in [5, 5.41) is 0. The van der Waals surface area contributed by atoms with Crippen LogP contribution in [0.3, 0.4) is 0 Å². The summed E-state index contributed by atoms with van der Waals surface area (Å²) < 4.78 is 0. The molecule has 0 aromatic heterocycles. The first-order valence-electron chi connectivity index (χ1n) is 6.00. The summed E-state index contributed by atoms with van der Waals surface area (Å²) in [6.07, 6.45) is 18.0. The first-order chi connectivity index (χ1) is 6.00. The van der Waals surface area contributed by atoms with Gasteiger partial charge in [-0.15, -0.1) is 0 Å². The molecule has 13 heavy (non-hydrogen) atoms. The maximum atomic E-state index is 1.50. The average Bonchev–Trinajstić information content (AvgIpc) is 2.05. The van der Waals surface area contributed by atoms with Crippen LogP contribution in [0.5, 0.6) is 0 Å². The van der Waals surface area contributed by atoms with Gasteiger partial charge in [0.05, 0.1) is 0 Å². The van der Waals surface area contributed by atoms with Crippen LogP contribution in [0.15, 0.2) is 0 Å². The predicted molar refractivity (Wildman–Crippen MR) is 61.2 cm³/mol. The van der Waals surface area contributed by atoms with E-state index in [1.165, 1.54) is 77.0 Å². The molecule has 0 atom stereocenters. The van der Waals surface area contributed by atoms with E-state index >= 15 is 0 Å². The van der Waals surface area contributed by atoms with Gasteiger partial charge in [0, 0.05) is 29.6 Å². The van der Waals surface area contributed by atoms with Crippen molar-refractivity contribution in [1.82, 2.24) is 0 Å². The van der Waals surface area contributed by atoms with Crippen molar-refractivity contribution in [2.24, 2.45) is 0 Å². The fourth-order valence-corrected chi connectivity index (χ4v) is 2.12. The van der Waals surface area contributed by atoms with E-state index in [9.17, 15) is 0 Å². The molecular weight excluding hydrogens is 167 g/mol. The van der Waals surface area contributed by atoms with E-state index in [2.05, 4.69) is 0 Å². The minimum absolute atomic E-state index is 0. The molecule has 0 heterocycles. The smallest absolute Gasteiger partial charge is 0 e. The third kappa shape index (κ3) is 9.31. The van der Waals surface area contributed by atoms with E-state index in [0.29, 0.717) is 0 Å². The topological polar surface area (TPSA) is 0 Å². The molecule has 0 aromatic carbocycles. The number of hydrogen-bond donors (Lipinski definition) is 0. The van der Waals surface area contributed by atoms with E-state index in [-0.39, 0.29) is 29.6 Å². The fourth-order valence-electron chi connectivity index (χ4n) is 2.12. The maximum absolute atomic E-state index is 1.50. The molecule has 0 N–H and O–H groups in total. The molecule has 0 nitrogen and oxygen atoms in total. The molecule has 0 aliphatic heterocycles. The van der Waals surface area contributed by atoms with Gasteiger partial charge in [-0.1, -0.05) is 77.0 Å². The van der Waals surface area contributed by atoms with Crippen LogP contribution in [-0.4, -0.2) is 29.6 Å². The van der Waals surface area contributed by atoms with Crippen LogP contribution in [0, 0.1) is 0 Å². The Kier molecular flexibility index (Phi) is 11.9. The molecule has 0 bridgehead atoms. The Bertz CT molecular complexity index is 48.1. The van der Waals surface area contributed by atoms with E-state index in [0.717, 1.165) is 0 Å². The second-order valence-electron chi connectivity index (χ2n) is 4.24. The molecule has 1 heteroatoms. The minimum Gasteiger partial charge on any atom is -0.0533 e. The Morgan fingerprint density at radius 2 is 0.308 bits per heavy atom. The van der Waals surface area contributed by atoms with Crippen molar-refractivity contribution in [2.45, 2.75) is 77.0 Å². The van der Waals surface area contributed by atoms with Crippen LogP contribution >= 0.6 is 0 Å². The molecule has 73 valence electrons. The van der Waals surface area contributed by atoms with E-state index in [1.54, 1.807) is 0 Å². The first kappa shape index (κ1) is 14.0. The third-order valence-electron chi connectivity index (χ3n) is 3.00. The molecule has 1 fully saturated rings. The van der Waals surface area contributed by atoms with Crippen LogP contribution < -0.4 is 0 Å². The predicted octanol–water partition coefficient (Wildman–Crippen LogP) is 4.30. The zero-order chi connectivity index (χ0) is 8.49. The van der Waals surface area contributed by atoms with Gasteiger partial charge >= 0.3 is 0 Å². The van der Waals surface area contributed by atoms with Crippen molar-refractivity contribution in [2.75, 3.05) is 0 Å². The normalized spacial score (nSPS) is 22.2. The molecule has 0 unspecified atom stereocenters. The van der Waals surface area contributed by atoms with Gasteiger partial charge in [-0.05, 0) is 0 Å². The molecule has 1 rings (SSSR count). The zero-order valence-corrected chi connectivity index (χ0v) is 11.5. The van der Waals surface area contributed by atoms with Crippen LogP contribution in [0.1, 0.15) is 77.0 Å². The first-order valence-corrected chi connectivity index (χ1v) is 6.00. The van der Waals surface area contributed by atoms with E-state index < -0.39 is 0 Å². The van der Waals surface area contributed by atoms with Crippen molar-refractivity contribution < 1.29 is 0 Å². The van der Waals surface area contributed by atoms with Gasteiger partial charge in [-0.3, -0.25) is 0 Å². The Hall–Kier alpha value is 1.00. The minimum atomic E-state index is 0. The molecule has 1 saturated carbocycles. The van der Waals surface area contributed by atoms with Gasteiger partial charge in [-0.25, -0.2) is 0 Å². The monoisotopic (exact) mass is 191 g/mol. The largest absolute Gasteiger partial charge is 0.0533 e. The van der Waals surface area contributed by atoms with Gasteiger partial charge in [-0.2, -0.15) is 0 Å². The van der Waals surface area contributed by atoms with Crippen molar-refractivity contribution in [3.05, 3.63) is 0 Å². The summed E-state index contributed by atoms with van der Waals surface area (Å²) in [5.74, 6) is 0. The number of rotatable bonds is 0. The van der Waals surface area contributed by atoms with Gasteiger partial charge in [0.25, 0.3) is 0 Å². The van der Waals surface area contributed by atoms with Crippen molar-refractivity contribution in [3.63, 3.8) is 0 Å². The molecule has 0 amide bonds. The quantitative estimate of drug-likeness (QED) is 0.501. The van der Waals surface area contributed by atoms with Crippen molar-refractivity contribution in [3.8, 4) is 0 Å². The second-order valence-corrected chi connectivity index (χ2v) is 4.24. The fraction of sp³-hybridized carbons (Fsp3) is 1.00. The van der Waals surface area contributed by atoms with Gasteiger partial charge < -0.3 is 0 Å². The number of hydrogen-bond acceptors (Lipinski definition) is 0. The summed E-state index contributed by atoms with van der Waals surface area (Å²) in [5.41, 5.74) is 0. The average molecular weight is 191 g/mol. The Labute approximate surface area is 106 Å².